The van der Waals surface area contributed by atoms with Crippen molar-refractivity contribution in [2.45, 2.75) is 0 Å². The lowest BCUT2D eigenvalue weighted by molar-refractivity contribution is 0.102. The molecule has 0 saturated heterocycles. The molecule has 0 aliphatic heterocycles. The zero-order chi connectivity index (χ0) is 13.0. The van der Waals surface area contributed by atoms with Crippen LogP contribution in [0.3, 0.4) is 0 Å². The lowest BCUT2D eigenvalue weighted by Crippen LogP contribution is -2.13. The summed E-state index contributed by atoms with van der Waals surface area (Å²) in [4.78, 5) is 18.6. The molecule has 0 aliphatic carbocycles. The van der Waals surface area contributed by atoms with Crippen LogP contribution in [0.1, 0.15) is 10.4 Å². The minimum atomic E-state index is -0.279. The number of benzene rings is 1. The van der Waals surface area contributed by atoms with Crippen LogP contribution < -0.4 is 14.8 Å². The number of amides is 1. The van der Waals surface area contributed by atoms with Gasteiger partial charge in [-0.1, -0.05) is 0 Å². The van der Waals surface area contributed by atoms with Crippen molar-refractivity contribution < 1.29 is 14.3 Å². The van der Waals surface area contributed by atoms with Gasteiger partial charge < -0.3 is 19.8 Å². The molecular weight excluding hydrogens is 234 g/mol. The van der Waals surface area contributed by atoms with Gasteiger partial charge in [-0.3, -0.25) is 4.79 Å². The van der Waals surface area contributed by atoms with Gasteiger partial charge in [0.05, 0.1) is 32.3 Å². The molecule has 0 spiro atoms. The van der Waals surface area contributed by atoms with Crippen molar-refractivity contribution >= 4 is 11.7 Å². The lowest BCUT2D eigenvalue weighted by Gasteiger charge is -2.09. The van der Waals surface area contributed by atoms with Gasteiger partial charge in [-0.25, -0.2) is 4.98 Å². The molecule has 1 aromatic carbocycles. The van der Waals surface area contributed by atoms with Crippen molar-refractivity contribution in [3.05, 3.63) is 36.3 Å². The summed E-state index contributed by atoms with van der Waals surface area (Å²) in [6.07, 6.45) is 3.01. The molecule has 2 aromatic rings. The fraction of sp³-hybridized carbons (Fsp3) is 0.167. The van der Waals surface area contributed by atoms with Gasteiger partial charge >= 0.3 is 0 Å². The molecule has 2 rings (SSSR count). The molecule has 6 heteroatoms. The molecule has 0 bridgehead atoms. The standard InChI is InChI=1S/C12H13N3O3/c1-17-8-3-4-9(10(5-8)18-2)12(16)15-11-6-13-7-14-11/h3-7H,1-2H3,(H,13,14)(H,15,16). The Labute approximate surface area is 104 Å². The van der Waals surface area contributed by atoms with Crippen molar-refractivity contribution in [1.29, 1.82) is 0 Å². The number of anilines is 1. The Kier molecular flexibility index (Phi) is 3.47. The number of imidazole rings is 1. The molecule has 6 nitrogen and oxygen atoms in total. The summed E-state index contributed by atoms with van der Waals surface area (Å²) in [7, 11) is 3.06. The highest BCUT2D eigenvalue weighted by Crippen LogP contribution is 2.25. The molecule has 0 atom stereocenters. The molecule has 0 unspecified atom stereocenters. The van der Waals surface area contributed by atoms with Crippen molar-refractivity contribution in [3.63, 3.8) is 0 Å². The van der Waals surface area contributed by atoms with E-state index < -0.39 is 0 Å². The van der Waals surface area contributed by atoms with Gasteiger partial charge in [0.15, 0.2) is 0 Å². The van der Waals surface area contributed by atoms with Crippen molar-refractivity contribution in [2.24, 2.45) is 0 Å². The van der Waals surface area contributed by atoms with Gasteiger partial charge in [-0.15, -0.1) is 0 Å². The Hall–Kier alpha value is -2.50. The SMILES string of the molecule is COc1ccc(C(=O)Nc2cnc[nH]2)c(OC)c1. The largest absolute Gasteiger partial charge is 0.497 e. The maximum Gasteiger partial charge on any atom is 0.260 e. The molecular formula is C12H13N3O3. The maximum atomic E-state index is 12.0. The Bertz CT molecular complexity index is 538. The fourth-order valence-corrected chi connectivity index (χ4v) is 1.50. The first kappa shape index (κ1) is 12.0. The summed E-state index contributed by atoms with van der Waals surface area (Å²) >= 11 is 0. The minimum Gasteiger partial charge on any atom is -0.497 e. The first-order chi connectivity index (χ1) is 8.74. The normalized spacial score (nSPS) is 9.89. The molecule has 0 saturated carbocycles. The average Bonchev–Trinajstić information content (AvgIpc) is 2.90. The van der Waals surface area contributed by atoms with E-state index in [1.54, 1.807) is 25.3 Å². The average molecular weight is 247 g/mol. The molecule has 0 aliphatic rings. The summed E-state index contributed by atoms with van der Waals surface area (Å²) in [6.45, 7) is 0. The number of rotatable bonds is 4. The molecule has 1 amide bonds. The van der Waals surface area contributed by atoms with Gasteiger partial charge in [0.2, 0.25) is 0 Å². The minimum absolute atomic E-state index is 0.279. The number of nitrogens with one attached hydrogen (secondary N) is 2. The molecule has 1 heterocycles. The number of carbonyl (C=O) groups excluding carboxylic acids is 1. The fourth-order valence-electron chi connectivity index (χ4n) is 1.50. The second kappa shape index (κ2) is 5.22. The predicted octanol–water partition coefficient (Wildman–Crippen LogP) is 1.68. The van der Waals surface area contributed by atoms with Gasteiger partial charge in [-0.2, -0.15) is 0 Å². The Morgan fingerprint density at radius 1 is 1.33 bits per heavy atom. The summed E-state index contributed by atoms with van der Waals surface area (Å²) in [6, 6.07) is 5.00. The van der Waals surface area contributed by atoms with E-state index in [1.165, 1.54) is 19.6 Å². The van der Waals surface area contributed by atoms with Crippen LogP contribution in [0.5, 0.6) is 11.5 Å². The van der Waals surface area contributed by atoms with Crippen LogP contribution in [0.25, 0.3) is 0 Å². The van der Waals surface area contributed by atoms with Crippen molar-refractivity contribution in [2.75, 3.05) is 19.5 Å². The summed E-state index contributed by atoms with van der Waals surface area (Å²) in [5.41, 5.74) is 0.424. The first-order valence-corrected chi connectivity index (χ1v) is 5.26. The molecule has 18 heavy (non-hydrogen) atoms. The van der Waals surface area contributed by atoms with Gasteiger partial charge in [0, 0.05) is 6.07 Å². The van der Waals surface area contributed by atoms with Crippen LogP contribution in [0.2, 0.25) is 0 Å². The Balaban J connectivity index is 2.24. The van der Waals surface area contributed by atoms with Crippen LogP contribution in [-0.2, 0) is 0 Å². The van der Waals surface area contributed by atoms with Crippen LogP contribution in [-0.4, -0.2) is 30.1 Å². The topological polar surface area (TPSA) is 76.2 Å². The molecule has 0 radical (unpaired) electrons. The number of carbonyl (C=O) groups is 1. The Morgan fingerprint density at radius 2 is 2.17 bits per heavy atom. The van der Waals surface area contributed by atoms with E-state index in [0.717, 1.165) is 0 Å². The highest BCUT2D eigenvalue weighted by molar-refractivity contribution is 6.05. The van der Waals surface area contributed by atoms with E-state index in [9.17, 15) is 4.79 Å². The van der Waals surface area contributed by atoms with Gasteiger partial charge in [0.25, 0.3) is 5.91 Å². The quantitative estimate of drug-likeness (QED) is 0.861. The molecule has 0 fully saturated rings. The second-order valence-electron chi connectivity index (χ2n) is 3.49. The second-order valence-corrected chi connectivity index (χ2v) is 3.49. The number of hydrogen-bond acceptors (Lipinski definition) is 4. The van der Waals surface area contributed by atoms with Crippen molar-refractivity contribution in [1.82, 2.24) is 9.97 Å². The summed E-state index contributed by atoms with van der Waals surface area (Å²) in [5.74, 6) is 1.33. The number of H-pyrrole nitrogens is 1. The molecule has 2 N–H and O–H groups in total. The molecule has 94 valence electrons. The Morgan fingerprint density at radius 3 is 2.78 bits per heavy atom. The van der Waals surface area contributed by atoms with E-state index in [2.05, 4.69) is 15.3 Å². The number of methoxy groups -OCH3 is 2. The number of aromatic nitrogens is 2. The third-order valence-electron chi connectivity index (χ3n) is 2.40. The van der Waals surface area contributed by atoms with Crippen LogP contribution in [0.15, 0.2) is 30.7 Å². The van der Waals surface area contributed by atoms with Crippen LogP contribution >= 0.6 is 0 Å². The third kappa shape index (κ3) is 2.42. The maximum absolute atomic E-state index is 12.0. The van der Waals surface area contributed by atoms with Gasteiger partial charge in [-0.05, 0) is 12.1 Å². The summed E-state index contributed by atoms with van der Waals surface area (Å²) in [5, 5.41) is 2.67. The highest BCUT2D eigenvalue weighted by atomic mass is 16.5. The van der Waals surface area contributed by atoms with E-state index in [1.807, 2.05) is 0 Å². The van der Waals surface area contributed by atoms with Gasteiger partial charge in [0.1, 0.15) is 17.3 Å². The van der Waals surface area contributed by atoms with Crippen LogP contribution in [0, 0.1) is 0 Å². The van der Waals surface area contributed by atoms with E-state index in [-0.39, 0.29) is 5.91 Å². The smallest absolute Gasteiger partial charge is 0.260 e. The zero-order valence-corrected chi connectivity index (χ0v) is 10.1. The summed E-state index contributed by atoms with van der Waals surface area (Å²) < 4.78 is 10.2. The van der Waals surface area contributed by atoms with E-state index >= 15 is 0 Å². The van der Waals surface area contributed by atoms with E-state index in [4.69, 9.17) is 9.47 Å². The zero-order valence-electron chi connectivity index (χ0n) is 10.1. The van der Waals surface area contributed by atoms with Crippen LogP contribution in [0.4, 0.5) is 5.82 Å². The molecule has 1 aromatic heterocycles. The highest BCUT2D eigenvalue weighted by Gasteiger charge is 2.13. The monoisotopic (exact) mass is 247 g/mol. The first-order valence-electron chi connectivity index (χ1n) is 5.26. The number of hydrogen-bond donors (Lipinski definition) is 2. The lowest BCUT2D eigenvalue weighted by atomic mass is 10.2. The number of ether oxygens (including phenoxy) is 2. The van der Waals surface area contributed by atoms with Crippen molar-refractivity contribution in [3.8, 4) is 11.5 Å². The number of nitrogens with zero attached hydrogens (tertiary/aromatic N) is 1. The predicted molar refractivity (Wildman–Crippen MR) is 66.1 cm³/mol. The number of aromatic amines is 1. The third-order valence-corrected chi connectivity index (χ3v) is 2.40. The van der Waals surface area contributed by atoms with E-state index in [0.29, 0.717) is 22.9 Å².